The van der Waals surface area contributed by atoms with Gasteiger partial charge < -0.3 is 5.32 Å². The first-order valence-electron chi connectivity index (χ1n) is 5.74. The minimum Gasteiger partial charge on any atom is -0.369 e. The van der Waals surface area contributed by atoms with Crippen LogP contribution >= 0.6 is 15.9 Å². The van der Waals surface area contributed by atoms with Crippen LogP contribution in [0.3, 0.4) is 0 Å². The Morgan fingerprint density at radius 2 is 2.31 bits per heavy atom. The number of hydrogen-bond donors (Lipinski definition) is 1. The topological polar surface area (TPSA) is 28.2 Å². The zero-order valence-corrected chi connectivity index (χ0v) is 11.4. The van der Waals surface area contributed by atoms with Gasteiger partial charge >= 0.3 is 0 Å². The highest BCUT2D eigenvalue weighted by Gasteiger charge is 2.28. The largest absolute Gasteiger partial charge is 0.369 e. The third-order valence-corrected chi connectivity index (χ3v) is 3.59. The van der Waals surface area contributed by atoms with E-state index in [1.807, 2.05) is 18.3 Å². The van der Waals surface area contributed by atoms with Crippen molar-refractivity contribution in [1.29, 1.82) is 0 Å². The Morgan fingerprint density at radius 3 is 2.88 bits per heavy atom. The van der Waals surface area contributed by atoms with Gasteiger partial charge in [-0.25, -0.2) is 4.98 Å². The molecule has 1 aromatic rings. The summed E-state index contributed by atoms with van der Waals surface area (Å²) in [4.78, 5) is 6.74. The smallest absolute Gasteiger partial charge is 0.126 e. The number of halogens is 1. The molecule has 1 aromatic heterocycles. The third-order valence-electron chi connectivity index (χ3n) is 3.12. The molecule has 0 bridgehead atoms. The number of nitrogens with one attached hydrogen (secondary N) is 1. The number of pyridine rings is 1. The molecule has 1 unspecified atom stereocenters. The second kappa shape index (κ2) is 5.15. The summed E-state index contributed by atoms with van der Waals surface area (Å²) in [5, 5.41) is 3.36. The molecule has 1 aliphatic carbocycles. The van der Waals surface area contributed by atoms with Crippen LogP contribution < -0.4 is 5.32 Å². The minimum absolute atomic E-state index is 0.554. The first-order valence-corrected chi connectivity index (χ1v) is 6.53. The molecular formula is C12H18BrN3. The molecule has 0 radical (unpaired) electrons. The second-order valence-electron chi connectivity index (χ2n) is 4.49. The number of aromatic nitrogens is 1. The van der Waals surface area contributed by atoms with E-state index in [4.69, 9.17) is 0 Å². The van der Waals surface area contributed by atoms with E-state index in [9.17, 15) is 0 Å². The maximum absolute atomic E-state index is 4.29. The van der Waals surface area contributed by atoms with Crippen molar-refractivity contribution in [1.82, 2.24) is 9.88 Å². The van der Waals surface area contributed by atoms with Gasteiger partial charge in [0.05, 0.1) is 0 Å². The van der Waals surface area contributed by atoms with E-state index in [0.29, 0.717) is 6.04 Å². The summed E-state index contributed by atoms with van der Waals surface area (Å²) in [6, 6.07) is 5.37. The Labute approximate surface area is 105 Å². The van der Waals surface area contributed by atoms with E-state index in [-0.39, 0.29) is 0 Å². The fourth-order valence-electron chi connectivity index (χ4n) is 1.72. The molecule has 0 aromatic carbocycles. The highest BCUT2D eigenvalue weighted by Crippen LogP contribution is 2.26. The van der Waals surface area contributed by atoms with Crippen LogP contribution in [-0.2, 0) is 0 Å². The number of anilines is 1. The van der Waals surface area contributed by atoms with Crippen molar-refractivity contribution < 1.29 is 0 Å². The minimum atomic E-state index is 0.554. The molecule has 1 aliphatic rings. The maximum Gasteiger partial charge on any atom is 0.126 e. The predicted octanol–water partition coefficient (Wildman–Crippen LogP) is 2.74. The molecule has 3 nitrogen and oxygen atoms in total. The normalized spacial score (nSPS) is 17.5. The maximum atomic E-state index is 4.29. The summed E-state index contributed by atoms with van der Waals surface area (Å²) in [5.41, 5.74) is 0. The van der Waals surface area contributed by atoms with Crippen LogP contribution in [0.5, 0.6) is 0 Å². The molecule has 1 fully saturated rings. The van der Waals surface area contributed by atoms with Crippen LogP contribution in [0.15, 0.2) is 22.8 Å². The Bertz CT molecular complexity index is 335. The van der Waals surface area contributed by atoms with Gasteiger partial charge in [-0.2, -0.15) is 0 Å². The fourth-order valence-corrected chi connectivity index (χ4v) is 1.95. The predicted molar refractivity (Wildman–Crippen MR) is 70.7 cm³/mol. The van der Waals surface area contributed by atoms with Crippen molar-refractivity contribution >= 4 is 21.7 Å². The zero-order chi connectivity index (χ0) is 11.5. The van der Waals surface area contributed by atoms with E-state index in [1.165, 1.54) is 12.8 Å². The Kier molecular flexibility index (Phi) is 3.82. The molecule has 1 saturated carbocycles. The van der Waals surface area contributed by atoms with Crippen molar-refractivity contribution in [3.05, 3.63) is 22.8 Å². The van der Waals surface area contributed by atoms with Gasteiger partial charge in [0.2, 0.25) is 0 Å². The Hall–Kier alpha value is -0.610. The lowest BCUT2D eigenvalue weighted by atomic mass is 10.3. The number of hydrogen-bond acceptors (Lipinski definition) is 3. The van der Waals surface area contributed by atoms with Gasteiger partial charge in [-0.1, -0.05) is 0 Å². The standard InChI is InChI=1S/C12H18BrN3/c1-9(16(2)11-4-5-11)7-14-12-6-3-10(13)8-15-12/h3,6,8-9,11H,4-5,7H2,1-2H3,(H,14,15). The van der Waals surface area contributed by atoms with Gasteiger partial charge in [0.1, 0.15) is 5.82 Å². The first kappa shape index (κ1) is 11.9. The monoisotopic (exact) mass is 283 g/mol. The van der Waals surface area contributed by atoms with Crippen molar-refractivity contribution in [2.45, 2.75) is 31.8 Å². The number of rotatable bonds is 5. The molecule has 4 heteroatoms. The molecular weight excluding hydrogens is 266 g/mol. The van der Waals surface area contributed by atoms with Crippen LogP contribution in [0.2, 0.25) is 0 Å². The summed E-state index contributed by atoms with van der Waals surface area (Å²) < 4.78 is 1.01. The SMILES string of the molecule is CC(CNc1ccc(Br)cn1)N(C)C1CC1. The van der Waals surface area contributed by atoms with Crippen LogP contribution in [0.4, 0.5) is 5.82 Å². The summed E-state index contributed by atoms with van der Waals surface area (Å²) in [7, 11) is 2.21. The molecule has 16 heavy (non-hydrogen) atoms. The highest BCUT2D eigenvalue weighted by atomic mass is 79.9. The van der Waals surface area contributed by atoms with E-state index in [2.05, 4.69) is 45.1 Å². The molecule has 0 spiro atoms. The lowest BCUT2D eigenvalue weighted by molar-refractivity contribution is 0.257. The molecule has 88 valence electrons. The molecule has 1 atom stereocenters. The highest BCUT2D eigenvalue weighted by molar-refractivity contribution is 9.10. The average Bonchev–Trinajstić information content (AvgIpc) is 3.11. The van der Waals surface area contributed by atoms with Crippen LogP contribution in [-0.4, -0.2) is 35.6 Å². The van der Waals surface area contributed by atoms with Crippen molar-refractivity contribution in [3.8, 4) is 0 Å². The van der Waals surface area contributed by atoms with Gasteiger partial charge in [0.25, 0.3) is 0 Å². The van der Waals surface area contributed by atoms with Crippen molar-refractivity contribution in [3.63, 3.8) is 0 Å². The van der Waals surface area contributed by atoms with Gasteiger partial charge in [0.15, 0.2) is 0 Å². The zero-order valence-electron chi connectivity index (χ0n) is 9.78. The first-order chi connectivity index (χ1) is 7.66. The number of nitrogens with zero attached hydrogens (tertiary/aromatic N) is 2. The lowest BCUT2D eigenvalue weighted by Gasteiger charge is -2.24. The quantitative estimate of drug-likeness (QED) is 0.901. The van der Waals surface area contributed by atoms with Gasteiger partial charge in [-0.15, -0.1) is 0 Å². The van der Waals surface area contributed by atoms with Crippen molar-refractivity contribution in [2.24, 2.45) is 0 Å². The van der Waals surface area contributed by atoms with Crippen molar-refractivity contribution in [2.75, 3.05) is 18.9 Å². The molecule has 1 heterocycles. The second-order valence-corrected chi connectivity index (χ2v) is 5.40. The molecule has 0 aliphatic heterocycles. The van der Waals surface area contributed by atoms with E-state index in [0.717, 1.165) is 22.9 Å². The van der Waals surface area contributed by atoms with Crippen LogP contribution in [0.1, 0.15) is 19.8 Å². The molecule has 0 saturated heterocycles. The average molecular weight is 284 g/mol. The van der Waals surface area contributed by atoms with Crippen LogP contribution in [0.25, 0.3) is 0 Å². The van der Waals surface area contributed by atoms with Gasteiger partial charge in [-0.3, -0.25) is 4.90 Å². The van der Waals surface area contributed by atoms with E-state index >= 15 is 0 Å². The van der Waals surface area contributed by atoms with Gasteiger partial charge in [0, 0.05) is 29.3 Å². The molecule has 2 rings (SSSR count). The third kappa shape index (κ3) is 3.19. The molecule has 1 N–H and O–H groups in total. The lowest BCUT2D eigenvalue weighted by Crippen LogP contribution is -2.36. The summed E-state index contributed by atoms with van der Waals surface area (Å²) in [6.07, 6.45) is 4.53. The summed E-state index contributed by atoms with van der Waals surface area (Å²) in [6.45, 7) is 3.20. The Morgan fingerprint density at radius 1 is 1.56 bits per heavy atom. The Balaban J connectivity index is 1.79. The fraction of sp³-hybridized carbons (Fsp3) is 0.583. The summed E-state index contributed by atoms with van der Waals surface area (Å²) in [5.74, 6) is 0.944. The van der Waals surface area contributed by atoms with E-state index in [1.54, 1.807) is 0 Å². The number of likely N-dealkylation sites (N-methyl/N-ethyl adjacent to an activating group) is 1. The molecule has 0 amide bonds. The van der Waals surface area contributed by atoms with E-state index < -0.39 is 0 Å². The van der Waals surface area contributed by atoms with Crippen LogP contribution in [0, 0.1) is 0 Å². The van der Waals surface area contributed by atoms with Gasteiger partial charge in [-0.05, 0) is 54.9 Å². The summed E-state index contributed by atoms with van der Waals surface area (Å²) >= 11 is 3.38.